The highest BCUT2D eigenvalue weighted by Gasteiger charge is 2.33. The summed E-state index contributed by atoms with van der Waals surface area (Å²) in [6.45, 7) is 6.78. The number of anilines is 2. The van der Waals surface area contributed by atoms with Crippen LogP contribution in [0.1, 0.15) is 31.2 Å². The van der Waals surface area contributed by atoms with Crippen LogP contribution in [0, 0.1) is 0 Å². The number of aromatic nitrogens is 2. The number of nitrogens with one attached hydrogen (secondary N) is 1. The number of benzene rings is 1. The zero-order valence-corrected chi connectivity index (χ0v) is 16.5. The lowest BCUT2D eigenvalue weighted by Gasteiger charge is -2.33. The number of hydrogen-bond donors (Lipinski definition) is 1. The van der Waals surface area contributed by atoms with Gasteiger partial charge in [-0.2, -0.15) is 17.5 Å². The number of para-hydroxylation sites is 1. The molecule has 0 saturated carbocycles. The van der Waals surface area contributed by atoms with E-state index in [2.05, 4.69) is 19.6 Å². The van der Waals surface area contributed by atoms with Gasteiger partial charge in [0.15, 0.2) is 0 Å². The predicted molar refractivity (Wildman–Crippen MR) is 103 cm³/mol. The third kappa shape index (κ3) is 4.99. The van der Waals surface area contributed by atoms with Crippen molar-refractivity contribution in [1.29, 1.82) is 0 Å². The summed E-state index contributed by atoms with van der Waals surface area (Å²) in [5.41, 5.74) is -1.06. The van der Waals surface area contributed by atoms with Crippen molar-refractivity contribution < 1.29 is 18.0 Å². The Bertz CT molecular complexity index is 816. The lowest BCUT2D eigenvalue weighted by molar-refractivity contribution is -0.137. The first-order valence-corrected chi connectivity index (χ1v) is 9.78. The summed E-state index contributed by atoms with van der Waals surface area (Å²) >= 11 is 1.37. The number of amides is 1. The Morgan fingerprint density at radius 1 is 1.21 bits per heavy atom. The fourth-order valence-electron chi connectivity index (χ4n) is 2.92. The van der Waals surface area contributed by atoms with Gasteiger partial charge in [0.25, 0.3) is 0 Å². The maximum Gasteiger partial charge on any atom is 0.418 e. The topological polar surface area (TPSA) is 61.4 Å². The third-order valence-corrected chi connectivity index (χ3v) is 5.26. The van der Waals surface area contributed by atoms with E-state index in [0.717, 1.165) is 17.0 Å². The molecule has 1 aromatic carbocycles. The second kappa shape index (κ2) is 8.44. The van der Waals surface area contributed by atoms with Gasteiger partial charge >= 0.3 is 6.18 Å². The van der Waals surface area contributed by atoms with Crippen LogP contribution in [0.4, 0.5) is 24.0 Å². The van der Waals surface area contributed by atoms with E-state index in [9.17, 15) is 18.0 Å². The molecule has 1 amide bonds. The molecule has 1 aromatic heterocycles. The normalized spacial score (nSPS) is 15.9. The second-order valence-corrected chi connectivity index (χ2v) is 7.67. The highest BCUT2D eigenvalue weighted by molar-refractivity contribution is 7.09. The van der Waals surface area contributed by atoms with Crippen molar-refractivity contribution in [1.82, 2.24) is 14.3 Å². The van der Waals surface area contributed by atoms with Gasteiger partial charge in [-0.1, -0.05) is 26.0 Å². The smallest absolute Gasteiger partial charge is 0.344 e. The van der Waals surface area contributed by atoms with Crippen LogP contribution in [0.25, 0.3) is 0 Å². The summed E-state index contributed by atoms with van der Waals surface area (Å²) in [4.78, 5) is 20.8. The van der Waals surface area contributed by atoms with Gasteiger partial charge in [0.2, 0.25) is 11.0 Å². The molecule has 3 rings (SSSR count). The van der Waals surface area contributed by atoms with Crippen LogP contribution in [-0.2, 0) is 11.0 Å². The second-order valence-electron chi connectivity index (χ2n) is 6.94. The monoisotopic (exact) mass is 413 g/mol. The Morgan fingerprint density at radius 2 is 1.89 bits per heavy atom. The zero-order chi connectivity index (χ0) is 20.3. The molecule has 6 nitrogen and oxygen atoms in total. The molecule has 0 atom stereocenters. The maximum atomic E-state index is 13.0. The zero-order valence-electron chi connectivity index (χ0n) is 15.7. The van der Waals surface area contributed by atoms with Crippen molar-refractivity contribution in [3.63, 3.8) is 0 Å². The van der Waals surface area contributed by atoms with E-state index in [1.54, 1.807) is 0 Å². The number of carbonyl (C=O) groups excluding carboxylic acids is 1. The Labute approximate surface area is 165 Å². The summed E-state index contributed by atoms with van der Waals surface area (Å²) in [7, 11) is 0. The van der Waals surface area contributed by atoms with E-state index < -0.39 is 17.6 Å². The van der Waals surface area contributed by atoms with Crippen LogP contribution in [0.15, 0.2) is 24.3 Å². The number of hydrogen-bond acceptors (Lipinski definition) is 6. The van der Waals surface area contributed by atoms with Crippen LogP contribution in [0.2, 0.25) is 0 Å². The molecule has 1 fully saturated rings. The van der Waals surface area contributed by atoms with Gasteiger partial charge < -0.3 is 10.2 Å². The van der Waals surface area contributed by atoms with Crippen molar-refractivity contribution >= 4 is 28.3 Å². The van der Waals surface area contributed by atoms with Crippen LogP contribution in [0.3, 0.4) is 0 Å². The predicted octanol–water partition coefficient (Wildman–Crippen LogP) is 3.44. The van der Waals surface area contributed by atoms with Crippen molar-refractivity contribution in [3.05, 3.63) is 35.7 Å². The van der Waals surface area contributed by atoms with Gasteiger partial charge in [-0.3, -0.25) is 9.69 Å². The first-order valence-electron chi connectivity index (χ1n) is 9.01. The fourth-order valence-corrected chi connectivity index (χ4v) is 3.78. The summed E-state index contributed by atoms with van der Waals surface area (Å²) in [5.74, 6) is 0.642. The van der Waals surface area contributed by atoms with E-state index in [1.807, 2.05) is 18.7 Å². The molecule has 152 valence electrons. The number of alkyl halides is 3. The number of carbonyl (C=O) groups is 1. The molecule has 2 aromatic rings. The van der Waals surface area contributed by atoms with Crippen LogP contribution < -0.4 is 10.2 Å². The minimum atomic E-state index is -4.51. The summed E-state index contributed by atoms with van der Waals surface area (Å²) in [6.07, 6.45) is -4.51. The van der Waals surface area contributed by atoms with Crippen LogP contribution >= 0.6 is 11.5 Å². The van der Waals surface area contributed by atoms with Crippen LogP contribution in [-0.4, -0.2) is 52.9 Å². The van der Waals surface area contributed by atoms with Gasteiger partial charge in [-0.15, -0.1) is 0 Å². The highest BCUT2D eigenvalue weighted by Crippen LogP contribution is 2.34. The summed E-state index contributed by atoms with van der Waals surface area (Å²) < 4.78 is 43.5. The minimum absolute atomic E-state index is 0.0490. The Balaban J connectivity index is 1.53. The molecule has 0 unspecified atom stereocenters. The molecule has 28 heavy (non-hydrogen) atoms. The number of piperazine rings is 1. The lowest BCUT2D eigenvalue weighted by Crippen LogP contribution is -2.48. The lowest BCUT2D eigenvalue weighted by atomic mass is 10.1. The molecule has 0 radical (unpaired) electrons. The molecule has 1 N–H and O–H groups in total. The van der Waals surface area contributed by atoms with Crippen molar-refractivity contribution in [2.24, 2.45) is 0 Å². The van der Waals surface area contributed by atoms with Gasteiger partial charge in [-0.25, -0.2) is 4.98 Å². The average Bonchev–Trinajstić information content (AvgIpc) is 3.12. The van der Waals surface area contributed by atoms with E-state index in [1.165, 1.54) is 29.7 Å². The summed E-state index contributed by atoms with van der Waals surface area (Å²) in [5, 5.41) is 3.26. The molecule has 1 aliphatic heterocycles. The Hall–Kier alpha value is -2.20. The molecule has 0 bridgehead atoms. The largest absolute Gasteiger partial charge is 0.418 e. The highest BCUT2D eigenvalue weighted by atomic mass is 32.1. The molecule has 1 saturated heterocycles. The molecule has 2 heterocycles. The van der Waals surface area contributed by atoms with Gasteiger partial charge in [0, 0.05) is 43.6 Å². The average molecular weight is 413 g/mol. The molecule has 1 aliphatic rings. The molecule has 0 spiro atoms. The number of rotatable bonds is 5. The number of nitrogens with zero attached hydrogens (tertiary/aromatic N) is 4. The van der Waals surface area contributed by atoms with E-state index in [-0.39, 0.29) is 18.2 Å². The number of halogens is 3. The fraction of sp³-hybridized carbons (Fsp3) is 0.500. The van der Waals surface area contributed by atoms with E-state index in [4.69, 9.17) is 0 Å². The first-order chi connectivity index (χ1) is 13.2. The minimum Gasteiger partial charge on any atom is -0.344 e. The maximum absolute atomic E-state index is 13.0. The van der Waals surface area contributed by atoms with Crippen molar-refractivity contribution in [2.45, 2.75) is 25.9 Å². The third-order valence-electron chi connectivity index (χ3n) is 4.46. The molecule has 10 heteroatoms. The molecular weight excluding hydrogens is 391 g/mol. The molecular formula is C18H22F3N5OS. The Kier molecular flexibility index (Phi) is 6.19. The Morgan fingerprint density at radius 3 is 2.50 bits per heavy atom. The summed E-state index contributed by atoms with van der Waals surface area (Å²) in [6, 6.07) is 5.00. The van der Waals surface area contributed by atoms with E-state index in [0.29, 0.717) is 26.2 Å². The molecule has 0 aliphatic carbocycles. The van der Waals surface area contributed by atoms with Gasteiger partial charge in [-0.05, 0) is 12.1 Å². The van der Waals surface area contributed by atoms with Crippen molar-refractivity contribution in [3.8, 4) is 0 Å². The van der Waals surface area contributed by atoms with Crippen LogP contribution in [0.5, 0.6) is 0 Å². The quantitative estimate of drug-likeness (QED) is 0.814. The standard InChI is InChI=1S/C18H22F3N5OS/c1-12(2)16-23-17(28-24-16)26-9-7-25(8-10-26)11-15(27)22-14-6-4-3-5-13(14)18(19,20)21/h3-6,12H,7-11H2,1-2H3,(H,22,27). The van der Waals surface area contributed by atoms with Gasteiger partial charge in [0.1, 0.15) is 5.82 Å². The first kappa shape index (κ1) is 20.5. The van der Waals surface area contributed by atoms with Crippen molar-refractivity contribution in [2.75, 3.05) is 42.9 Å². The van der Waals surface area contributed by atoms with E-state index >= 15 is 0 Å². The SMILES string of the molecule is CC(C)c1nsc(N2CCN(CC(=O)Nc3ccccc3C(F)(F)F)CC2)n1. The van der Waals surface area contributed by atoms with Gasteiger partial charge in [0.05, 0.1) is 17.8 Å².